The molecule has 5 heteroatoms. The van der Waals surface area contributed by atoms with E-state index in [1.165, 1.54) is 6.07 Å². The van der Waals surface area contributed by atoms with E-state index >= 15 is 0 Å². The molecule has 1 aromatic rings. The predicted molar refractivity (Wildman–Crippen MR) is 105 cm³/mol. The molecule has 0 N–H and O–H groups in total. The Bertz CT molecular complexity index is 595. The average molecular weight is 403 g/mol. The minimum Gasteiger partial charge on any atom is -0.490 e. The van der Waals surface area contributed by atoms with Crippen LogP contribution in [0.1, 0.15) is 96.0 Å². The first-order chi connectivity index (χ1) is 13.4. The van der Waals surface area contributed by atoms with Crippen LogP contribution in [0.4, 0.5) is 17.6 Å². The number of ether oxygens (including phenoxy) is 1. The van der Waals surface area contributed by atoms with Gasteiger partial charge in [0.2, 0.25) is 5.82 Å². The molecule has 0 atom stereocenters. The van der Waals surface area contributed by atoms with E-state index in [2.05, 4.69) is 6.92 Å². The maximum atomic E-state index is 14.5. The molecule has 1 saturated carbocycles. The Morgan fingerprint density at radius 2 is 1.57 bits per heavy atom. The van der Waals surface area contributed by atoms with Crippen LogP contribution in [0.15, 0.2) is 12.1 Å². The van der Waals surface area contributed by atoms with Crippen molar-refractivity contribution in [2.75, 3.05) is 6.61 Å². The van der Waals surface area contributed by atoms with Crippen molar-refractivity contribution < 1.29 is 22.3 Å². The first-order valence-electron chi connectivity index (χ1n) is 10.9. The molecule has 1 fully saturated rings. The third kappa shape index (κ3) is 6.12. The molecule has 1 aliphatic rings. The largest absolute Gasteiger partial charge is 0.490 e. The van der Waals surface area contributed by atoms with Gasteiger partial charge in [0.05, 0.1) is 6.61 Å². The molecule has 2 rings (SSSR count). The fourth-order valence-electron chi connectivity index (χ4n) is 4.12. The zero-order valence-corrected chi connectivity index (χ0v) is 17.2. The summed E-state index contributed by atoms with van der Waals surface area (Å²) in [5.41, 5.74) is 0.296. The highest BCUT2D eigenvalue weighted by molar-refractivity contribution is 5.33. The summed E-state index contributed by atoms with van der Waals surface area (Å²) in [5.74, 6) is -5.41. The summed E-state index contributed by atoms with van der Waals surface area (Å²) in [6.45, 7) is 4.41. The van der Waals surface area contributed by atoms with Crippen LogP contribution >= 0.6 is 0 Å². The van der Waals surface area contributed by atoms with Crippen LogP contribution in [0.5, 0.6) is 5.75 Å². The molecule has 1 aliphatic carbocycles. The highest BCUT2D eigenvalue weighted by atomic mass is 19.3. The van der Waals surface area contributed by atoms with Gasteiger partial charge in [-0.1, -0.05) is 45.6 Å². The molecular formula is C23H34F4O. The molecule has 0 heterocycles. The molecule has 0 unspecified atom stereocenters. The van der Waals surface area contributed by atoms with E-state index in [1.54, 1.807) is 6.07 Å². The Labute approximate surface area is 166 Å². The fourth-order valence-corrected chi connectivity index (χ4v) is 4.12. The smallest absolute Gasteiger partial charge is 0.250 e. The second kappa shape index (κ2) is 11.1. The Hall–Kier alpha value is -1.26. The Kier molecular flexibility index (Phi) is 9.10. The first-order valence-corrected chi connectivity index (χ1v) is 10.9. The summed E-state index contributed by atoms with van der Waals surface area (Å²) in [5, 5.41) is 0. The van der Waals surface area contributed by atoms with Crippen molar-refractivity contribution in [2.24, 2.45) is 5.92 Å². The monoisotopic (exact) mass is 402 g/mol. The van der Waals surface area contributed by atoms with Crippen molar-refractivity contribution in [3.05, 3.63) is 29.3 Å². The maximum Gasteiger partial charge on any atom is 0.250 e. The van der Waals surface area contributed by atoms with Crippen LogP contribution in [0.25, 0.3) is 0 Å². The van der Waals surface area contributed by atoms with Crippen LogP contribution in [0, 0.1) is 17.6 Å². The Morgan fingerprint density at radius 1 is 0.893 bits per heavy atom. The zero-order chi connectivity index (χ0) is 20.6. The first kappa shape index (κ1) is 23.0. The van der Waals surface area contributed by atoms with E-state index in [1.807, 2.05) is 6.92 Å². The van der Waals surface area contributed by atoms with Crippen LogP contribution in [-0.4, -0.2) is 12.5 Å². The van der Waals surface area contributed by atoms with E-state index in [0.29, 0.717) is 44.3 Å². The number of halogens is 4. The van der Waals surface area contributed by atoms with E-state index in [4.69, 9.17) is 4.74 Å². The number of alkyl halides is 2. The molecule has 0 amide bonds. The summed E-state index contributed by atoms with van der Waals surface area (Å²) < 4.78 is 63.0. The molecule has 0 bridgehead atoms. The second-order valence-corrected chi connectivity index (χ2v) is 8.10. The number of hydrogen-bond acceptors (Lipinski definition) is 1. The third-order valence-corrected chi connectivity index (χ3v) is 5.96. The quantitative estimate of drug-likeness (QED) is 0.269. The molecule has 1 nitrogen and oxygen atoms in total. The fraction of sp³-hybridized carbons (Fsp3) is 0.739. The Balaban J connectivity index is 1.92. The summed E-state index contributed by atoms with van der Waals surface area (Å²) in [6, 6.07) is 3.03. The molecule has 160 valence electrons. The highest BCUT2D eigenvalue weighted by Gasteiger charge is 2.41. The topological polar surface area (TPSA) is 9.23 Å². The minimum atomic E-state index is -2.65. The molecule has 28 heavy (non-hydrogen) atoms. The van der Waals surface area contributed by atoms with Gasteiger partial charge in [0.15, 0.2) is 11.6 Å². The molecule has 0 aromatic heterocycles. The highest BCUT2D eigenvalue weighted by Crippen LogP contribution is 2.45. The number of unbranched alkanes of at least 4 members (excludes halogenated alkanes) is 4. The van der Waals surface area contributed by atoms with Crippen LogP contribution in [0.2, 0.25) is 0 Å². The van der Waals surface area contributed by atoms with Gasteiger partial charge in [0, 0.05) is 12.3 Å². The standard InChI is InChI=1S/C23H34F4O/c1-3-5-7-8-15-23(26,27)18-11-9-17(10-12-18)19-13-14-20(22(25)21(19)24)28-16-6-4-2/h13-14,17-18H,3-12,15-16H2,1-2H3. The van der Waals surface area contributed by atoms with Gasteiger partial charge in [-0.05, 0) is 56.1 Å². The minimum absolute atomic E-state index is 0.0604. The van der Waals surface area contributed by atoms with Crippen LogP contribution in [-0.2, 0) is 0 Å². The molecule has 0 radical (unpaired) electrons. The van der Waals surface area contributed by atoms with Crippen molar-refractivity contribution in [2.45, 2.75) is 96.3 Å². The summed E-state index contributed by atoms with van der Waals surface area (Å²) in [6.07, 6.45) is 6.72. The molecule has 0 spiro atoms. The van der Waals surface area contributed by atoms with Crippen LogP contribution in [0.3, 0.4) is 0 Å². The number of benzene rings is 1. The maximum absolute atomic E-state index is 14.5. The summed E-state index contributed by atoms with van der Waals surface area (Å²) >= 11 is 0. The van der Waals surface area contributed by atoms with E-state index in [9.17, 15) is 17.6 Å². The van der Waals surface area contributed by atoms with Crippen molar-refractivity contribution in [3.63, 3.8) is 0 Å². The lowest BCUT2D eigenvalue weighted by molar-refractivity contribution is -0.0804. The van der Waals surface area contributed by atoms with Crippen molar-refractivity contribution in [3.8, 4) is 5.75 Å². The van der Waals surface area contributed by atoms with E-state index in [-0.39, 0.29) is 18.1 Å². The van der Waals surface area contributed by atoms with Gasteiger partial charge in [0.25, 0.3) is 5.92 Å². The van der Waals surface area contributed by atoms with Gasteiger partial charge in [0.1, 0.15) is 0 Å². The molecule has 0 aliphatic heterocycles. The summed E-state index contributed by atoms with van der Waals surface area (Å²) in [4.78, 5) is 0. The zero-order valence-electron chi connectivity index (χ0n) is 17.2. The van der Waals surface area contributed by atoms with Gasteiger partial charge in [-0.3, -0.25) is 0 Å². The van der Waals surface area contributed by atoms with Gasteiger partial charge >= 0.3 is 0 Å². The van der Waals surface area contributed by atoms with Crippen LogP contribution < -0.4 is 4.74 Å². The van der Waals surface area contributed by atoms with Gasteiger partial charge in [-0.25, -0.2) is 13.2 Å². The third-order valence-electron chi connectivity index (χ3n) is 5.96. The number of hydrogen-bond donors (Lipinski definition) is 0. The van der Waals surface area contributed by atoms with Crippen molar-refractivity contribution in [1.82, 2.24) is 0 Å². The SMILES string of the molecule is CCCCCCC(F)(F)C1CCC(c2ccc(OCCCC)c(F)c2F)CC1. The molecule has 0 saturated heterocycles. The molecule has 1 aromatic carbocycles. The van der Waals surface area contributed by atoms with E-state index < -0.39 is 23.5 Å². The lowest BCUT2D eigenvalue weighted by atomic mass is 9.75. The lowest BCUT2D eigenvalue weighted by Crippen LogP contribution is -2.31. The average Bonchev–Trinajstić information content (AvgIpc) is 2.69. The van der Waals surface area contributed by atoms with Crippen molar-refractivity contribution in [1.29, 1.82) is 0 Å². The molecular weight excluding hydrogens is 368 g/mol. The summed E-state index contributed by atoms with van der Waals surface area (Å²) in [7, 11) is 0. The predicted octanol–water partition coefficient (Wildman–Crippen LogP) is 8.02. The van der Waals surface area contributed by atoms with Gasteiger partial charge in [-0.15, -0.1) is 0 Å². The number of rotatable bonds is 11. The second-order valence-electron chi connectivity index (χ2n) is 8.10. The van der Waals surface area contributed by atoms with E-state index in [0.717, 1.165) is 32.1 Å². The van der Waals surface area contributed by atoms with Gasteiger partial charge < -0.3 is 4.74 Å². The van der Waals surface area contributed by atoms with Gasteiger partial charge in [-0.2, -0.15) is 4.39 Å². The normalized spacial score (nSPS) is 20.4. The lowest BCUT2D eigenvalue weighted by Gasteiger charge is -2.34. The Morgan fingerprint density at radius 3 is 2.21 bits per heavy atom. The van der Waals surface area contributed by atoms with Crippen molar-refractivity contribution >= 4 is 0 Å².